The molecule has 8 nitrogen and oxygen atoms in total. The number of hydrogen-bond acceptors (Lipinski definition) is 7. The summed E-state index contributed by atoms with van der Waals surface area (Å²) in [4.78, 5) is 47.9. The standard InChI is InChI=1S/C18H18N2O6S/c1-10(21)8-13-15(22)19-14(18(2,3)27-16(13)19)17(23)26-9-11-4-6-12(7-5-11)20(24)25/h4-8,14,16H,9H2,1-3H3/b13-8-/t14-,16+/m0/s1. The molecule has 2 atom stereocenters. The van der Waals surface area contributed by atoms with Gasteiger partial charge in [0.1, 0.15) is 18.0 Å². The van der Waals surface area contributed by atoms with Gasteiger partial charge in [-0.1, -0.05) is 0 Å². The number of carbonyl (C=O) groups is 3. The van der Waals surface area contributed by atoms with E-state index in [4.69, 9.17) is 4.74 Å². The van der Waals surface area contributed by atoms with Crippen molar-refractivity contribution in [3.8, 4) is 0 Å². The summed E-state index contributed by atoms with van der Waals surface area (Å²) in [6.07, 6.45) is 1.32. The Labute approximate surface area is 159 Å². The number of hydrogen-bond donors (Lipinski definition) is 0. The molecule has 0 saturated carbocycles. The van der Waals surface area contributed by atoms with Crippen molar-refractivity contribution in [3.05, 3.63) is 51.6 Å². The number of nitro benzene ring substituents is 1. The topological polar surface area (TPSA) is 107 Å². The summed E-state index contributed by atoms with van der Waals surface area (Å²) in [6.45, 7) is 5.04. The Morgan fingerprint density at radius 1 is 1.33 bits per heavy atom. The van der Waals surface area contributed by atoms with E-state index in [0.717, 1.165) is 0 Å². The first-order valence-corrected chi connectivity index (χ1v) is 9.12. The fourth-order valence-corrected chi connectivity index (χ4v) is 4.74. The smallest absolute Gasteiger partial charge is 0.330 e. The highest BCUT2D eigenvalue weighted by Crippen LogP contribution is 2.53. The molecule has 1 aromatic rings. The van der Waals surface area contributed by atoms with Gasteiger partial charge in [-0.2, -0.15) is 0 Å². The number of allylic oxidation sites excluding steroid dienone is 1. The first-order chi connectivity index (χ1) is 12.6. The summed E-state index contributed by atoms with van der Waals surface area (Å²) < 4.78 is 4.79. The lowest BCUT2D eigenvalue weighted by molar-refractivity contribution is -0.384. The summed E-state index contributed by atoms with van der Waals surface area (Å²) >= 11 is 1.44. The molecule has 2 saturated heterocycles. The Hall–Kier alpha value is -2.68. The molecule has 2 aliphatic rings. The van der Waals surface area contributed by atoms with E-state index >= 15 is 0 Å². The molecule has 1 aromatic carbocycles. The molecule has 2 heterocycles. The van der Waals surface area contributed by atoms with Gasteiger partial charge < -0.3 is 9.64 Å². The first kappa shape index (κ1) is 19.1. The number of ether oxygens (including phenoxy) is 1. The van der Waals surface area contributed by atoms with Crippen LogP contribution in [0.5, 0.6) is 0 Å². The van der Waals surface area contributed by atoms with Crippen molar-refractivity contribution in [1.29, 1.82) is 0 Å². The highest BCUT2D eigenvalue weighted by molar-refractivity contribution is 8.01. The van der Waals surface area contributed by atoms with Crippen LogP contribution in [0.2, 0.25) is 0 Å². The molecule has 0 radical (unpaired) electrons. The van der Waals surface area contributed by atoms with E-state index in [1.54, 1.807) is 0 Å². The molecule has 0 bridgehead atoms. The van der Waals surface area contributed by atoms with Gasteiger partial charge >= 0.3 is 5.97 Å². The third-order valence-corrected chi connectivity index (χ3v) is 6.00. The molecule has 2 fully saturated rings. The molecule has 0 N–H and O–H groups in total. The van der Waals surface area contributed by atoms with Gasteiger partial charge in [0, 0.05) is 16.9 Å². The largest absolute Gasteiger partial charge is 0.459 e. The molecular formula is C18H18N2O6S. The van der Waals surface area contributed by atoms with Crippen molar-refractivity contribution < 1.29 is 24.0 Å². The van der Waals surface area contributed by atoms with Gasteiger partial charge in [0.15, 0.2) is 5.78 Å². The highest BCUT2D eigenvalue weighted by atomic mass is 32.2. The number of non-ortho nitro benzene ring substituents is 1. The lowest BCUT2D eigenvalue weighted by Crippen LogP contribution is -2.58. The Kier molecular flexibility index (Phi) is 4.81. The van der Waals surface area contributed by atoms with Gasteiger partial charge in [-0.3, -0.25) is 19.7 Å². The fraction of sp³-hybridized carbons (Fsp3) is 0.389. The third-order valence-electron chi connectivity index (χ3n) is 4.46. The van der Waals surface area contributed by atoms with E-state index in [1.807, 2.05) is 13.8 Å². The Morgan fingerprint density at radius 2 is 1.96 bits per heavy atom. The van der Waals surface area contributed by atoms with Crippen LogP contribution < -0.4 is 0 Å². The van der Waals surface area contributed by atoms with Gasteiger partial charge in [-0.05, 0) is 44.5 Å². The molecule has 142 valence electrons. The maximum Gasteiger partial charge on any atom is 0.330 e. The number of fused-ring (bicyclic) bond motifs is 1. The summed E-state index contributed by atoms with van der Waals surface area (Å²) in [6, 6.07) is 4.96. The molecule has 0 aromatic heterocycles. The number of carbonyl (C=O) groups excluding carboxylic acids is 3. The zero-order chi connectivity index (χ0) is 19.9. The summed E-state index contributed by atoms with van der Waals surface area (Å²) in [5.74, 6) is -1.07. The van der Waals surface area contributed by atoms with E-state index in [9.17, 15) is 24.5 Å². The number of benzene rings is 1. The number of β-lactam (4-membered cyclic amide) rings is 1. The van der Waals surface area contributed by atoms with E-state index in [-0.39, 0.29) is 29.4 Å². The highest BCUT2D eigenvalue weighted by Gasteiger charge is 2.61. The lowest BCUT2D eigenvalue weighted by Gasteiger charge is -2.39. The molecule has 27 heavy (non-hydrogen) atoms. The van der Waals surface area contributed by atoms with Crippen LogP contribution in [0.15, 0.2) is 35.9 Å². The number of nitro groups is 1. The summed E-state index contributed by atoms with van der Waals surface area (Å²) in [5, 5.41) is 10.4. The zero-order valence-corrected chi connectivity index (χ0v) is 15.8. The Balaban J connectivity index is 1.70. The van der Waals surface area contributed by atoms with Gasteiger partial charge in [0.2, 0.25) is 0 Å². The van der Waals surface area contributed by atoms with Crippen LogP contribution in [0.1, 0.15) is 26.3 Å². The predicted molar refractivity (Wildman–Crippen MR) is 97.7 cm³/mol. The second-order valence-corrected chi connectivity index (χ2v) is 8.66. The van der Waals surface area contributed by atoms with E-state index < -0.39 is 21.7 Å². The van der Waals surface area contributed by atoms with Crippen LogP contribution in [0.4, 0.5) is 5.69 Å². The van der Waals surface area contributed by atoms with Crippen molar-refractivity contribution in [2.24, 2.45) is 0 Å². The Bertz CT molecular complexity index is 861. The minimum absolute atomic E-state index is 0.0443. The quantitative estimate of drug-likeness (QED) is 0.249. The number of amides is 1. The Morgan fingerprint density at radius 3 is 2.52 bits per heavy atom. The summed E-state index contributed by atoms with van der Waals surface area (Å²) in [7, 11) is 0. The molecule has 1 amide bonds. The average Bonchev–Trinajstić information content (AvgIpc) is 2.86. The van der Waals surface area contributed by atoms with Crippen LogP contribution in [-0.2, 0) is 25.7 Å². The monoisotopic (exact) mass is 390 g/mol. The van der Waals surface area contributed by atoms with Crippen LogP contribution in [0, 0.1) is 10.1 Å². The molecule has 0 spiro atoms. The molecule has 0 unspecified atom stereocenters. The third kappa shape index (κ3) is 3.46. The van der Waals surface area contributed by atoms with Crippen molar-refractivity contribution in [3.63, 3.8) is 0 Å². The van der Waals surface area contributed by atoms with Gasteiger partial charge in [-0.15, -0.1) is 11.8 Å². The van der Waals surface area contributed by atoms with Crippen molar-refractivity contribution >= 4 is 35.1 Å². The van der Waals surface area contributed by atoms with E-state index in [2.05, 4.69) is 0 Å². The lowest BCUT2D eigenvalue weighted by atomic mass is 9.95. The number of nitrogens with zero attached hydrogens (tertiary/aromatic N) is 2. The summed E-state index contributed by atoms with van der Waals surface area (Å²) in [5.41, 5.74) is 0.976. The normalized spacial score (nSPS) is 24.3. The van der Waals surface area contributed by atoms with E-state index in [0.29, 0.717) is 11.1 Å². The van der Waals surface area contributed by atoms with Gasteiger partial charge in [-0.25, -0.2) is 4.79 Å². The number of ketones is 1. The minimum atomic E-state index is -0.762. The van der Waals surface area contributed by atoms with Crippen molar-refractivity contribution in [1.82, 2.24) is 4.90 Å². The van der Waals surface area contributed by atoms with Crippen LogP contribution in [0.25, 0.3) is 0 Å². The number of rotatable bonds is 5. The SMILES string of the molecule is CC(=O)/C=C1/C(=O)N2[C@@H]1SC(C)(C)[C@@H]2C(=O)OCc1ccc([N+](=O)[O-])cc1. The predicted octanol–water partition coefficient (Wildman–Crippen LogP) is 2.22. The van der Waals surface area contributed by atoms with Gasteiger partial charge in [0.25, 0.3) is 11.6 Å². The molecule has 2 aliphatic heterocycles. The maximum absolute atomic E-state index is 12.6. The molecule has 3 rings (SSSR count). The minimum Gasteiger partial charge on any atom is -0.459 e. The average molecular weight is 390 g/mol. The van der Waals surface area contributed by atoms with E-state index in [1.165, 1.54) is 53.9 Å². The first-order valence-electron chi connectivity index (χ1n) is 8.24. The fourth-order valence-electron chi connectivity index (χ4n) is 3.20. The zero-order valence-electron chi connectivity index (χ0n) is 15.0. The van der Waals surface area contributed by atoms with Crippen molar-refractivity contribution in [2.75, 3.05) is 0 Å². The molecule has 9 heteroatoms. The van der Waals surface area contributed by atoms with Crippen LogP contribution in [-0.4, -0.2) is 43.6 Å². The number of thioether (sulfide) groups is 1. The second kappa shape index (κ2) is 6.80. The molecular weight excluding hydrogens is 372 g/mol. The van der Waals surface area contributed by atoms with Crippen molar-refractivity contribution in [2.45, 2.75) is 43.5 Å². The molecule has 0 aliphatic carbocycles. The maximum atomic E-state index is 12.6. The van der Waals surface area contributed by atoms with Crippen LogP contribution in [0.3, 0.4) is 0 Å². The van der Waals surface area contributed by atoms with Gasteiger partial charge in [0.05, 0.1) is 10.5 Å². The van der Waals surface area contributed by atoms with Crippen LogP contribution >= 0.6 is 11.8 Å². The second-order valence-electron chi connectivity index (χ2n) is 6.93. The number of esters is 1.